The highest BCUT2D eigenvalue weighted by molar-refractivity contribution is 5.86. The maximum atomic E-state index is 13.6. The predicted molar refractivity (Wildman–Crippen MR) is 132 cm³/mol. The number of benzene rings is 2. The van der Waals surface area contributed by atoms with Gasteiger partial charge in [-0.1, -0.05) is 23.2 Å². The Balaban J connectivity index is 1.34. The number of nitrogens with one attached hydrogen (secondary N) is 1. The molecule has 1 fully saturated rings. The lowest BCUT2D eigenvalue weighted by Crippen LogP contribution is -2.16. The summed E-state index contributed by atoms with van der Waals surface area (Å²) in [6.07, 6.45) is 1.23. The lowest BCUT2D eigenvalue weighted by Gasteiger charge is -2.12. The summed E-state index contributed by atoms with van der Waals surface area (Å²) in [7, 11) is 0. The molecule has 9 heteroatoms. The number of halogens is 3. The van der Waals surface area contributed by atoms with Crippen LogP contribution >= 0.6 is 0 Å². The molecule has 0 amide bonds. The number of aryl methyl sites for hydroxylation is 1. The van der Waals surface area contributed by atoms with Crippen molar-refractivity contribution in [1.29, 1.82) is 0 Å². The maximum Gasteiger partial charge on any atom is 0.416 e. The van der Waals surface area contributed by atoms with Crippen LogP contribution in [0, 0.1) is 18.8 Å². The molecule has 2 aromatic carbocycles. The van der Waals surface area contributed by atoms with E-state index in [9.17, 15) is 13.2 Å². The molecule has 1 saturated carbocycles. The molecule has 5 aromatic rings. The zero-order valence-corrected chi connectivity index (χ0v) is 19.9. The lowest BCUT2D eigenvalue weighted by atomic mass is 9.99. The molecule has 37 heavy (non-hydrogen) atoms. The van der Waals surface area contributed by atoms with Crippen LogP contribution in [0.4, 0.5) is 13.2 Å². The highest BCUT2D eigenvalue weighted by atomic mass is 19.4. The van der Waals surface area contributed by atoms with Crippen molar-refractivity contribution in [3.63, 3.8) is 0 Å². The minimum absolute atomic E-state index is 0.209. The highest BCUT2D eigenvalue weighted by Gasteiger charge is 2.31. The smallest absolute Gasteiger partial charge is 0.355 e. The quantitative estimate of drug-likeness (QED) is 0.325. The van der Waals surface area contributed by atoms with Gasteiger partial charge in [-0.3, -0.25) is 0 Å². The first kappa shape index (κ1) is 23.3. The number of hydrogen-bond donors (Lipinski definition) is 1. The monoisotopic (exact) mass is 501 g/mol. The van der Waals surface area contributed by atoms with Gasteiger partial charge in [-0.15, -0.1) is 0 Å². The second-order valence-electron chi connectivity index (χ2n) is 9.32. The summed E-state index contributed by atoms with van der Waals surface area (Å²) in [4.78, 5) is 4.30. The fourth-order valence-corrected chi connectivity index (χ4v) is 4.35. The summed E-state index contributed by atoms with van der Waals surface area (Å²) in [5.74, 6) is 6.26. The van der Waals surface area contributed by atoms with Crippen LogP contribution in [0.15, 0.2) is 59.4 Å². The summed E-state index contributed by atoms with van der Waals surface area (Å²) in [6.45, 7) is 2.32. The molecule has 1 N–H and O–H groups in total. The third kappa shape index (κ3) is 4.80. The van der Waals surface area contributed by atoms with Crippen molar-refractivity contribution in [1.82, 2.24) is 25.1 Å². The Morgan fingerprint density at radius 3 is 2.76 bits per heavy atom. The molecule has 0 spiro atoms. The molecule has 186 valence electrons. The molecule has 0 aliphatic heterocycles. The Morgan fingerprint density at radius 2 is 1.95 bits per heavy atom. The Bertz CT molecular complexity index is 1690. The van der Waals surface area contributed by atoms with Crippen molar-refractivity contribution in [2.75, 3.05) is 0 Å². The van der Waals surface area contributed by atoms with Crippen molar-refractivity contribution >= 4 is 16.6 Å². The molecule has 3 heterocycles. The molecule has 0 bridgehead atoms. The summed E-state index contributed by atoms with van der Waals surface area (Å²) in [6, 6.07) is 12.0. The zero-order chi connectivity index (χ0) is 25.6. The first-order chi connectivity index (χ1) is 17.8. The molecule has 0 saturated heterocycles. The number of alkyl halides is 3. The SMILES string of the molecule is Cc1ccc2c(Cc3cc(CNC4CC4)cc(C(F)(F)F)c3)noc2c1C#Cc1cnc2cccnn12. The van der Waals surface area contributed by atoms with Crippen LogP contribution in [-0.4, -0.2) is 25.8 Å². The van der Waals surface area contributed by atoms with E-state index in [4.69, 9.17) is 4.52 Å². The molecular weight excluding hydrogens is 479 g/mol. The molecule has 3 aromatic heterocycles. The lowest BCUT2D eigenvalue weighted by molar-refractivity contribution is -0.137. The first-order valence-corrected chi connectivity index (χ1v) is 12.0. The number of hydrogen-bond acceptors (Lipinski definition) is 5. The standard InChI is InChI=1S/C28H22F3N5O/c1-17-4-8-24-25(14-18-11-19(15-32-21-5-6-21)13-20(12-18)28(29,30)31)35-37-27(24)23(17)9-7-22-16-33-26-3-2-10-34-36(22)26/h2-4,8,10-13,16,21,32H,5-6,14-15H2,1H3. The van der Waals surface area contributed by atoms with E-state index in [0.29, 0.717) is 51.9 Å². The number of imidazole rings is 1. The maximum absolute atomic E-state index is 13.6. The van der Waals surface area contributed by atoms with Gasteiger partial charge >= 0.3 is 6.18 Å². The van der Waals surface area contributed by atoms with E-state index >= 15 is 0 Å². The van der Waals surface area contributed by atoms with Gasteiger partial charge in [0.2, 0.25) is 0 Å². The van der Waals surface area contributed by atoms with E-state index in [-0.39, 0.29) is 6.42 Å². The zero-order valence-electron chi connectivity index (χ0n) is 19.9. The largest absolute Gasteiger partial charge is 0.416 e. The van der Waals surface area contributed by atoms with Crippen LogP contribution in [0.25, 0.3) is 16.6 Å². The van der Waals surface area contributed by atoms with E-state index in [1.807, 2.05) is 25.1 Å². The van der Waals surface area contributed by atoms with Crippen molar-refractivity contribution in [3.8, 4) is 11.8 Å². The van der Waals surface area contributed by atoms with Gasteiger partial charge in [-0.05, 0) is 72.7 Å². The topological polar surface area (TPSA) is 68.2 Å². The Kier molecular flexibility index (Phi) is 5.69. The highest BCUT2D eigenvalue weighted by Crippen LogP contribution is 2.33. The van der Waals surface area contributed by atoms with Crippen LogP contribution in [-0.2, 0) is 19.1 Å². The van der Waals surface area contributed by atoms with E-state index < -0.39 is 11.7 Å². The Labute approximate surface area is 210 Å². The molecule has 0 atom stereocenters. The fourth-order valence-electron chi connectivity index (χ4n) is 4.35. The van der Waals surface area contributed by atoms with Crippen LogP contribution in [0.3, 0.4) is 0 Å². The van der Waals surface area contributed by atoms with E-state index in [0.717, 1.165) is 23.8 Å². The molecule has 0 unspecified atom stereocenters. The first-order valence-electron chi connectivity index (χ1n) is 12.0. The minimum Gasteiger partial charge on any atom is -0.355 e. The van der Waals surface area contributed by atoms with Crippen LogP contribution in [0.2, 0.25) is 0 Å². The third-order valence-electron chi connectivity index (χ3n) is 6.44. The average molecular weight is 502 g/mol. The van der Waals surface area contributed by atoms with Gasteiger partial charge in [0.25, 0.3) is 0 Å². The van der Waals surface area contributed by atoms with Crippen LogP contribution in [0.5, 0.6) is 0 Å². The molecular formula is C28H22F3N5O. The Hall–Kier alpha value is -4.16. The van der Waals surface area contributed by atoms with Gasteiger partial charge in [0.1, 0.15) is 5.69 Å². The van der Waals surface area contributed by atoms with E-state index in [1.165, 1.54) is 12.1 Å². The van der Waals surface area contributed by atoms with Gasteiger partial charge in [-0.25, -0.2) is 9.50 Å². The van der Waals surface area contributed by atoms with Crippen molar-refractivity contribution in [3.05, 3.63) is 94.1 Å². The molecule has 1 aliphatic rings. The summed E-state index contributed by atoms with van der Waals surface area (Å²) >= 11 is 0. The summed E-state index contributed by atoms with van der Waals surface area (Å²) in [5, 5.41) is 12.5. The third-order valence-corrected chi connectivity index (χ3v) is 6.44. The second kappa shape index (κ2) is 9.05. The summed E-state index contributed by atoms with van der Waals surface area (Å²) < 4.78 is 48.2. The number of nitrogens with zero attached hydrogens (tertiary/aromatic N) is 4. The van der Waals surface area contributed by atoms with E-state index in [2.05, 4.69) is 32.4 Å². The van der Waals surface area contributed by atoms with Crippen molar-refractivity contribution in [2.24, 2.45) is 0 Å². The van der Waals surface area contributed by atoms with Crippen molar-refractivity contribution in [2.45, 2.75) is 44.9 Å². The predicted octanol–water partition coefficient (Wildman–Crippen LogP) is 5.44. The average Bonchev–Trinajstić information content (AvgIpc) is 3.49. The Morgan fingerprint density at radius 1 is 1.11 bits per heavy atom. The van der Waals surface area contributed by atoms with Crippen LogP contribution in [0.1, 0.15) is 52.0 Å². The normalized spacial score (nSPS) is 13.7. The number of aromatic nitrogens is 4. The fraction of sp³-hybridized carbons (Fsp3) is 0.250. The van der Waals surface area contributed by atoms with Gasteiger partial charge in [0.05, 0.1) is 23.0 Å². The van der Waals surface area contributed by atoms with Crippen molar-refractivity contribution < 1.29 is 17.7 Å². The number of fused-ring (bicyclic) bond motifs is 2. The number of rotatable bonds is 5. The van der Waals surface area contributed by atoms with Crippen LogP contribution < -0.4 is 5.32 Å². The minimum atomic E-state index is -4.43. The molecule has 6 rings (SSSR count). The van der Waals surface area contributed by atoms with Gasteiger partial charge in [-0.2, -0.15) is 18.3 Å². The molecule has 6 nitrogen and oxygen atoms in total. The summed E-state index contributed by atoms with van der Waals surface area (Å²) in [5.41, 5.74) is 4.43. The van der Waals surface area contributed by atoms with Gasteiger partial charge in [0, 0.05) is 30.6 Å². The molecule has 1 aliphatic carbocycles. The van der Waals surface area contributed by atoms with Gasteiger partial charge in [0.15, 0.2) is 11.2 Å². The van der Waals surface area contributed by atoms with Gasteiger partial charge < -0.3 is 9.84 Å². The molecule has 0 radical (unpaired) electrons. The van der Waals surface area contributed by atoms with E-state index in [1.54, 1.807) is 29.0 Å². The second-order valence-corrected chi connectivity index (χ2v) is 9.32.